The molecule has 0 spiro atoms. The molecule has 0 bridgehead atoms. The highest BCUT2D eigenvalue weighted by Crippen LogP contribution is 2.38. The monoisotopic (exact) mass is 434 g/mol. The Morgan fingerprint density at radius 1 is 1.10 bits per heavy atom. The van der Waals surface area contributed by atoms with Gasteiger partial charge < -0.3 is 14.2 Å². The van der Waals surface area contributed by atoms with Gasteiger partial charge in [-0.05, 0) is 55.8 Å². The van der Waals surface area contributed by atoms with Crippen molar-refractivity contribution >= 4 is 29.4 Å². The summed E-state index contributed by atoms with van der Waals surface area (Å²) in [4.78, 5) is 25.4. The summed E-state index contributed by atoms with van der Waals surface area (Å²) in [6.45, 7) is 4.18. The summed E-state index contributed by atoms with van der Waals surface area (Å²) in [6, 6.07) is 17.1. The quantitative estimate of drug-likeness (QED) is 0.285. The van der Waals surface area contributed by atoms with Crippen molar-refractivity contribution in [2.24, 2.45) is 0 Å². The molecule has 0 radical (unpaired) electrons. The number of fused-ring (bicyclic) bond motifs is 1. The van der Waals surface area contributed by atoms with E-state index in [1.165, 1.54) is 12.1 Å². The molecule has 0 saturated heterocycles. The van der Waals surface area contributed by atoms with Crippen LogP contribution >= 0.6 is 11.6 Å². The zero-order valence-electron chi connectivity index (χ0n) is 17.0. The predicted molar refractivity (Wildman–Crippen MR) is 118 cm³/mol. The molecular formula is C25H19ClO5. The van der Waals surface area contributed by atoms with Gasteiger partial charge in [-0.25, -0.2) is 4.79 Å². The Balaban J connectivity index is 1.62. The molecule has 1 aliphatic rings. The number of para-hydroxylation sites is 1. The van der Waals surface area contributed by atoms with E-state index < -0.39 is 5.97 Å². The first-order valence-electron chi connectivity index (χ1n) is 9.74. The molecule has 5 nitrogen and oxygen atoms in total. The second kappa shape index (κ2) is 8.66. The summed E-state index contributed by atoms with van der Waals surface area (Å²) in [5, 5.41) is 0.440. The zero-order valence-corrected chi connectivity index (χ0v) is 17.7. The molecule has 4 rings (SSSR count). The highest BCUT2D eigenvalue weighted by Gasteiger charge is 2.30. The normalized spacial score (nSPS) is 13.6. The Labute approximate surface area is 184 Å². The summed E-state index contributed by atoms with van der Waals surface area (Å²) in [6.07, 6.45) is 1.66. The van der Waals surface area contributed by atoms with E-state index in [0.717, 1.165) is 5.56 Å². The fourth-order valence-corrected chi connectivity index (χ4v) is 3.54. The summed E-state index contributed by atoms with van der Waals surface area (Å²) in [5.41, 5.74) is 2.17. The molecule has 0 amide bonds. The molecule has 0 atom stereocenters. The van der Waals surface area contributed by atoms with Gasteiger partial charge in [0.25, 0.3) is 0 Å². The Bertz CT molecular complexity index is 1210. The fourth-order valence-electron chi connectivity index (χ4n) is 3.35. The predicted octanol–water partition coefficient (Wildman–Crippen LogP) is 5.88. The largest absolute Gasteiger partial charge is 0.493 e. The molecule has 0 unspecified atom stereocenters. The number of rotatable bonds is 5. The first-order chi connectivity index (χ1) is 15.0. The van der Waals surface area contributed by atoms with Crippen LogP contribution in [0.15, 0.2) is 66.4 Å². The zero-order chi connectivity index (χ0) is 22.0. The smallest absolute Gasteiger partial charge is 0.343 e. The number of benzene rings is 3. The maximum absolute atomic E-state index is 12.9. The van der Waals surface area contributed by atoms with E-state index in [1.54, 1.807) is 37.3 Å². The highest BCUT2D eigenvalue weighted by molar-refractivity contribution is 6.30. The summed E-state index contributed by atoms with van der Waals surface area (Å²) < 4.78 is 16.9. The number of aryl methyl sites for hydroxylation is 1. The molecule has 0 aromatic heterocycles. The van der Waals surface area contributed by atoms with Crippen LogP contribution in [0.2, 0.25) is 5.02 Å². The molecule has 3 aromatic rings. The molecule has 1 aliphatic heterocycles. The molecule has 1 heterocycles. The Morgan fingerprint density at radius 2 is 1.90 bits per heavy atom. The highest BCUT2D eigenvalue weighted by atomic mass is 35.5. The minimum absolute atomic E-state index is 0.184. The lowest BCUT2D eigenvalue weighted by Gasteiger charge is -2.08. The van der Waals surface area contributed by atoms with Gasteiger partial charge in [0.15, 0.2) is 5.76 Å². The lowest BCUT2D eigenvalue weighted by molar-refractivity contribution is 0.0734. The minimum Gasteiger partial charge on any atom is -0.493 e. The minimum atomic E-state index is -0.549. The second-order valence-corrected chi connectivity index (χ2v) is 7.36. The van der Waals surface area contributed by atoms with E-state index in [1.807, 2.05) is 31.2 Å². The molecule has 0 saturated carbocycles. The van der Waals surface area contributed by atoms with Crippen LogP contribution in [0.4, 0.5) is 0 Å². The van der Waals surface area contributed by atoms with Crippen LogP contribution in [-0.2, 0) is 0 Å². The fraction of sp³-hybridized carbons (Fsp3) is 0.120. The van der Waals surface area contributed by atoms with Gasteiger partial charge >= 0.3 is 5.97 Å². The lowest BCUT2D eigenvalue weighted by atomic mass is 10.0. The number of ketones is 1. The standard InChI is InChI=1S/C25H19ClO5/c1-3-29-20-10-5-4-7-16(20)13-22-24(27)23-15(2)11-19(14-21(23)31-22)30-25(28)17-8-6-9-18(26)12-17/h4-14H,3H2,1-2H3/b22-13-. The van der Waals surface area contributed by atoms with E-state index in [9.17, 15) is 9.59 Å². The van der Waals surface area contributed by atoms with Gasteiger partial charge in [0.05, 0.1) is 17.7 Å². The van der Waals surface area contributed by atoms with Gasteiger partial charge in [-0.3, -0.25) is 4.79 Å². The van der Waals surface area contributed by atoms with E-state index in [-0.39, 0.29) is 17.3 Å². The van der Waals surface area contributed by atoms with Gasteiger partial charge in [-0.15, -0.1) is 0 Å². The third-order valence-corrected chi connectivity index (χ3v) is 4.96. The second-order valence-electron chi connectivity index (χ2n) is 6.92. The molecule has 0 N–H and O–H groups in total. The van der Waals surface area contributed by atoms with E-state index in [4.69, 9.17) is 25.8 Å². The van der Waals surface area contributed by atoms with E-state index in [2.05, 4.69) is 0 Å². The van der Waals surface area contributed by atoms with Crippen LogP contribution in [0, 0.1) is 6.92 Å². The molecule has 6 heteroatoms. The maximum Gasteiger partial charge on any atom is 0.343 e. The SMILES string of the molecule is CCOc1ccccc1/C=C1\Oc2cc(OC(=O)c3cccc(Cl)c3)cc(C)c2C1=O. The molecular weight excluding hydrogens is 416 g/mol. The first-order valence-corrected chi connectivity index (χ1v) is 10.1. The average molecular weight is 435 g/mol. The van der Waals surface area contributed by atoms with Crippen LogP contribution in [0.5, 0.6) is 17.2 Å². The van der Waals surface area contributed by atoms with Crippen molar-refractivity contribution in [2.45, 2.75) is 13.8 Å². The number of ether oxygens (including phenoxy) is 3. The van der Waals surface area contributed by atoms with Crippen molar-refractivity contribution in [2.75, 3.05) is 6.61 Å². The number of Topliss-reactive ketones (excluding diaryl/α,β-unsaturated/α-hetero) is 1. The third kappa shape index (κ3) is 4.32. The van der Waals surface area contributed by atoms with E-state index >= 15 is 0 Å². The number of allylic oxidation sites excluding steroid dienone is 1. The number of hydrogen-bond acceptors (Lipinski definition) is 5. The van der Waals surface area contributed by atoms with Gasteiger partial charge in [0.1, 0.15) is 17.2 Å². The van der Waals surface area contributed by atoms with Crippen molar-refractivity contribution in [3.63, 3.8) is 0 Å². The van der Waals surface area contributed by atoms with Crippen LogP contribution in [0.3, 0.4) is 0 Å². The number of carbonyl (C=O) groups is 2. The van der Waals surface area contributed by atoms with Gasteiger partial charge in [0, 0.05) is 16.7 Å². The third-order valence-electron chi connectivity index (χ3n) is 4.72. The summed E-state index contributed by atoms with van der Waals surface area (Å²) in [7, 11) is 0. The Hall–Kier alpha value is -3.57. The van der Waals surface area contributed by atoms with Crippen molar-refractivity contribution in [3.8, 4) is 17.2 Å². The number of esters is 1. The molecule has 31 heavy (non-hydrogen) atoms. The van der Waals surface area contributed by atoms with Crippen molar-refractivity contribution in [1.29, 1.82) is 0 Å². The van der Waals surface area contributed by atoms with Crippen LogP contribution < -0.4 is 14.2 Å². The average Bonchev–Trinajstić information content (AvgIpc) is 3.05. The van der Waals surface area contributed by atoms with Gasteiger partial charge in [-0.2, -0.15) is 0 Å². The van der Waals surface area contributed by atoms with Crippen LogP contribution in [-0.4, -0.2) is 18.4 Å². The van der Waals surface area contributed by atoms with Gasteiger partial charge in [0.2, 0.25) is 5.78 Å². The number of halogens is 1. The Morgan fingerprint density at radius 3 is 2.68 bits per heavy atom. The number of carbonyl (C=O) groups excluding carboxylic acids is 2. The van der Waals surface area contributed by atoms with Crippen molar-refractivity contribution < 1.29 is 23.8 Å². The van der Waals surface area contributed by atoms with Crippen molar-refractivity contribution in [3.05, 3.63) is 93.7 Å². The molecule has 0 fully saturated rings. The number of hydrogen-bond donors (Lipinski definition) is 0. The summed E-state index contributed by atoms with van der Waals surface area (Å²) in [5.74, 6) is 0.699. The van der Waals surface area contributed by atoms with Crippen molar-refractivity contribution in [1.82, 2.24) is 0 Å². The molecule has 0 aliphatic carbocycles. The Kier molecular flexibility index (Phi) is 5.78. The topological polar surface area (TPSA) is 61.8 Å². The lowest BCUT2D eigenvalue weighted by Crippen LogP contribution is -2.08. The van der Waals surface area contributed by atoms with E-state index in [0.29, 0.717) is 39.8 Å². The van der Waals surface area contributed by atoms with Gasteiger partial charge in [-0.1, -0.05) is 35.9 Å². The summed E-state index contributed by atoms with van der Waals surface area (Å²) >= 11 is 5.94. The van der Waals surface area contributed by atoms with Crippen LogP contribution in [0.1, 0.15) is 38.8 Å². The first kappa shape index (κ1) is 20.7. The molecule has 156 valence electrons. The van der Waals surface area contributed by atoms with Crippen LogP contribution in [0.25, 0.3) is 6.08 Å². The molecule has 3 aromatic carbocycles. The maximum atomic E-state index is 12.9.